The first-order valence-electron chi connectivity index (χ1n) is 18.9. The van der Waals surface area contributed by atoms with Crippen LogP contribution in [0.3, 0.4) is 0 Å². The Morgan fingerprint density at radius 2 is 0.545 bits per heavy atom. The molecule has 0 atom stereocenters. The first kappa shape index (κ1) is 32.4. The first-order valence-corrected chi connectivity index (χ1v) is 18.9. The molecule has 0 saturated heterocycles. The molecular formula is C54H37N. The van der Waals surface area contributed by atoms with E-state index in [4.69, 9.17) is 0 Å². The molecule has 9 aromatic carbocycles. The van der Waals surface area contributed by atoms with Crippen LogP contribution in [0.2, 0.25) is 0 Å². The molecule has 0 saturated carbocycles. The first-order chi connectivity index (χ1) is 27.3. The summed E-state index contributed by atoms with van der Waals surface area (Å²) < 4.78 is 2.43. The molecule has 10 aromatic rings. The van der Waals surface area contributed by atoms with Crippen LogP contribution >= 0.6 is 0 Å². The molecule has 10 rings (SSSR count). The molecule has 1 aromatic heterocycles. The van der Waals surface area contributed by atoms with Crippen LogP contribution in [0.5, 0.6) is 0 Å². The Balaban J connectivity index is 1.25. The summed E-state index contributed by atoms with van der Waals surface area (Å²) in [4.78, 5) is 0. The molecular weight excluding hydrogens is 663 g/mol. The lowest BCUT2D eigenvalue weighted by Crippen LogP contribution is -2.00. The number of benzene rings is 9. The maximum absolute atomic E-state index is 2.43. The van der Waals surface area contributed by atoms with Crippen molar-refractivity contribution in [3.8, 4) is 72.7 Å². The van der Waals surface area contributed by atoms with E-state index >= 15 is 0 Å². The Hall–Kier alpha value is -7.22. The molecule has 0 unspecified atom stereocenters. The van der Waals surface area contributed by atoms with Gasteiger partial charge in [-0.1, -0.05) is 200 Å². The number of fused-ring (bicyclic) bond motifs is 2. The molecule has 0 amide bonds. The maximum atomic E-state index is 2.43. The van der Waals surface area contributed by atoms with Gasteiger partial charge in [0.15, 0.2) is 0 Å². The lowest BCUT2D eigenvalue weighted by molar-refractivity contribution is 1.10. The second kappa shape index (κ2) is 14.0. The highest BCUT2D eigenvalue weighted by Gasteiger charge is 2.20. The van der Waals surface area contributed by atoms with Gasteiger partial charge in [0.05, 0.1) is 11.4 Å². The van der Waals surface area contributed by atoms with E-state index in [2.05, 4.69) is 229 Å². The second-order valence-corrected chi connectivity index (χ2v) is 14.1. The molecule has 55 heavy (non-hydrogen) atoms. The summed E-state index contributed by atoms with van der Waals surface area (Å²) >= 11 is 0. The fourth-order valence-corrected chi connectivity index (χ4v) is 8.23. The number of nitrogens with zero attached hydrogens (tertiary/aromatic N) is 1. The number of rotatable bonds is 7. The van der Waals surface area contributed by atoms with Gasteiger partial charge in [0.1, 0.15) is 0 Å². The Bertz CT molecular complexity index is 2850. The standard InChI is InChI=1S/C54H37N/c1-5-15-38(16-6-1)40-25-29-44(30-26-40)53-47-23-13-14-24-48(47)54(45-31-27-41(28-32-45)39-17-7-2-8-18-39)50-37-46(33-34-49(50)53)55-51(42-19-9-3-10-20-42)35-36-52(55)43-21-11-4-12-22-43/h1-37H. The number of hydrogen-bond donors (Lipinski definition) is 0. The van der Waals surface area contributed by atoms with Crippen molar-refractivity contribution in [1.82, 2.24) is 4.57 Å². The predicted octanol–water partition coefficient (Wildman–Crippen LogP) is 14.8. The van der Waals surface area contributed by atoms with Gasteiger partial charge in [-0.2, -0.15) is 0 Å². The zero-order valence-corrected chi connectivity index (χ0v) is 30.3. The van der Waals surface area contributed by atoms with Crippen molar-refractivity contribution in [2.24, 2.45) is 0 Å². The molecule has 0 aliphatic heterocycles. The molecule has 1 nitrogen and oxygen atoms in total. The van der Waals surface area contributed by atoms with Gasteiger partial charge in [0.25, 0.3) is 0 Å². The summed E-state index contributed by atoms with van der Waals surface area (Å²) in [6.07, 6.45) is 0. The topological polar surface area (TPSA) is 4.93 Å². The van der Waals surface area contributed by atoms with Gasteiger partial charge >= 0.3 is 0 Å². The van der Waals surface area contributed by atoms with Crippen LogP contribution in [0, 0.1) is 0 Å². The van der Waals surface area contributed by atoms with E-state index < -0.39 is 0 Å². The third-order valence-corrected chi connectivity index (χ3v) is 10.8. The molecule has 0 aliphatic carbocycles. The Morgan fingerprint density at radius 3 is 0.982 bits per heavy atom. The van der Waals surface area contributed by atoms with Crippen molar-refractivity contribution >= 4 is 21.5 Å². The highest BCUT2D eigenvalue weighted by Crippen LogP contribution is 2.45. The molecule has 1 heteroatoms. The highest BCUT2D eigenvalue weighted by atomic mass is 15.0. The van der Waals surface area contributed by atoms with Crippen LogP contribution in [0.1, 0.15) is 0 Å². The lowest BCUT2D eigenvalue weighted by atomic mass is 9.85. The molecule has 258 valence electrons. The van der Waals surface area contributed by atoms with Crippen LogP contribution in [0.15, 0.2) is 224 Å². The van der Waals surface area contributed by atoms with Gasteiger partial charge in [-0.15, -0.1) is 0 Å². The summed E-state index contributed by atoms with van der Waals surface area (Å²) in [5, 5.41) is 4.93. The van der Waals surface area contributed by atoms with Crippen LogP contribution in [0.25, 0.3) is 94.3 Å². The fourth-order valence-electron chi connectivity index (χ4n) is 8.23. The summed E-state index contributed by atoms with van der Waals surface area (Å²) in [6.45, 7) is 0. The van der Waals surface area contributed by atoms with E-state index in [0.29, 0.717) is 0 Å². The summed E-state index contributed by atoms with van der Waals surface area (Å²) in [5.41, 5.74) is 15.6. The molecule has 0 spiro atoms. The van der Waals surface area contributed by atoms with E-state index in [1.807, 2.05) is 0 Å². The van der Waals surface area contributed by atoms with Gasteiger partial charge in [-0.25, -0.2) is 0 Å². The van der Waals surface area contributed by atoms with Crippen LogP contribution in [-0.2, 0) is 0 Å². The van der Waals surface area contributed by atoms with Crippen molar-refractivity contribution in [2.75, 3.05) is 0 Å². The highest BCUT2D eigenvalue weighted by molar-refractivity contribution is 6.21. The van der Waals surface area contributed by atoms with Crippen molar-refractivity contribution in [1.29, 1.82) is 0 Å². The zero-order valence-electron chi connectivity index (χ0n) is 30.3. The van der Waals surface area contributed by atoms with E-state index in [1.54, 1.807) is 0 Å². The van der Waals surface area contributed by atoms with Crippen LogP contribution in [-0.4, -0.2) is 4.57 Å². The Kier molecular flexibility index (Phi) is 8.24. The van der Waals surface area contributed by atoms with Crippen molar-refractivity contribution < 1.29 is 0 Å². The maximum Gasteiger partial charge on any atom is 0.0535 e. The SMILES string of the molecule is c1ccc(-c2ccc(-c3c4ccccc4c(-c4ccc(-c5ccccc5)cc4)c4cc(-n5c(-c6ccccc6)ccc5-c5ccccc5)ccc34)cc2)cc1. The number of hydrogen-bond acceptors (Lipinski definition) is 0. The molecule has 0 fully saturated rings. The van der Waals surface area contributed by atoms with E-state index in [9.17, 15) is 0 Å². The molecule has 0 bridgehead atoms. The molecule has 0 aliphatic rings. The number of aromatic nitrogens is 1. The third kappa shape index (κ3) is 5.93. The quantitative estimate of drug-likeness (QED) is 0.146. The van der Waals surface area contributed by atoms with Gasteiger partial charge in [-0.3, -0.25) is 0 Å². The predicted molar refractivity (Wildman–Crippen MR) is 233 cm³/mol. The minimum Gasteiger partial charge on any atom is -0.309 e. The summed E-state index contributed by atoms with van der Waals surface area (Å²) in [5.74, 6) is 0. The van der Waals surface area contributed by atoms with Crippen molar-refractivity contribution in [3.63, 3.8) is 0 Å². The van der Waals surface area contributed by atoms with Crippen LogP contribution < -0.4 is 0 Å². The van der Waals surface area contributed by atoms with E-state index in [1.165, 1.54) is 77.2 Å². The normalized spacial score (nSPS) is 11.3. The molecule has 0 N–H and O–H groups in total. The largest absolute Gasteiger partial charge is 0.309 e. The monoisotopic (exact) mass is 699 g/mol. The van der Waals surface area contributed by atoms with E-state index in [0.717, 1.165) is 17.1 Å². The van der Waals surface area contributed by atoms with Crippen LogP contribution in [0.4, 0.5) is 0 Å². The van der Waals surface area contributed by atoms with Gasteiger partial charge in [-0.05, 0) is 101 Å². The summed E-state index contributed by atoms with van der Waals surface area (Å²) in [7, 11) is 0. The minimum absolute atomic E-state index is 1.12. The third-order valence-electron chi connectivity index (χ3n) is 10.8. The Morgan fingerprint density at radius 1 is 0.218 bits per heavy atom. The summed E-state index contributed by atoms with van der Waals surface area (Å²) in [6, 6.07) is 81.4. The Labute approximate surface area is 322 Å². The van der Waals surface area contributed by atoms with Gasteiger partial charge in [0, 0.05) is 5.69 Å². The van der Waals surface area contributed by atoms with Crippen molar-refractivity contribution in [3.05, 3.63) is 224 Å². The smallest absolute Gasteiger partial charge is 0.0535 e. The van der Waals surface area contributed by atoms with Crippen molar-refractivity contribution in [2.45, 2.75) is 0 Å². The average Bonchev–Trinajstić information content (AvgIpc) is 3.72. The molecule has 0 radical (unpaired) electrons. The van der Waals surface area contributed by atoms with Gasteiger partial charge < -0.3 is 4.57 Å². The molecule has 1 heterocycles. The van der Waals surface area contributed by atoms with Gasteiger partial charge in [0.2, 0.25) is 0 Å². The lowest BCUT2D eigenvalue weighted by Gasteiger charge is -2.21. The fraction of sp³-hybridized carbons (Fsp3) is 0. The zero-order chi connectivity index (χ0) is 36.6. The van der Waals surface area contributed by atoms with E-state index in [-0.39, 0.29) is 0 Å². The minimum atomic E-state index is 1.12. The average molecular weight is 700 g/mol. The second-order valence-electron chi connectivity index (χ2n) is 14.1.